The molecular weight excluding hydrogens is 861 g/mol. The van der Waals surface area contributed by atoms with Gasteiger partial charge in [-0.25, -0.2) is 0 Å². The lowest BCUT2D eigenvalue weighted by molar-refractivity contribution is 1.20. The molecule has 11 aromatic carbocycles. The van der Waals surface area contributed by atoms with Crippen LogP contribution in [-0.2, 0) is 0 Å². The van der Waals surface area contributed by atoms with Gasteiger partial charge in [0.2, 0.25) is 0 Å². The third-order valence-corrected chi connectivity index (χ3v) is 13.0. The predicted molar refractivity (Wildman–Crippen MR) is 305 cm³/mol. The molecule has 0 atom stereocenters. The van der Waals surface area contributed by atoms with E-state index in [9.17, 15) is 0 Å². The molecule has 0 saturated carbocycles. The van der Waals surface area contributed by atoms with E-state index in [1.54, 1.807) is 0 Å². The highest BCUT2D eigenvalue weighted by molar-refractivity contribution is 5.92. The molecule has 71 heavy (non-hydrogen) atoms. The lowest BCUT2D eigenvalue weighted by Gasteiger charge is -2.30. The Balaban J connectivity index is 1.02. The molecule has 0 saturated heterocycles. The van der Waals surface area contributed by atoms with E-state index in [-0.39, 0.29) is 0 Å². The van der Waals surface area contributed by atoms with Crippen LogP contribution in [0.2, 0.25) is 0 Å². The quantitative estimate of drug-likeness (QED) is 0.101. The van der Waals surface area contributed by atoms with Crippen molar-refractivity contribution in [1.29, 1.82) is 0 Å². The molecule has 11 aromatic rings. The van der Waals surface area contributed by atoms with E-state index in [0.29, 0.717) is 0 Å². The molecule has 0 radical (unpaired) electrons. The van der Waals surface area contributed by atoms with Gasteiger partial charge in [0.15, 0.2) is 0 Å². The van der Waals surface area contributed by atoms with Gasteiger partial charge in [0.05, 0.1) is 0 Å². The molecule has 0 aliphatic rings. The highest BCUT2D eigenvalue weighted by atomic mass is 15.2. The van der Waals surface area contributed by atoms with E-state index in [0.717, 1.165) is 68.3 Å². The minimum atomic E-state index is 1.01. The molecule has 0 bridgehead atoms. The fraction of sp³-hybridized carbons (Fsp3) is 0.0149. The fourth-order valence-corrected chi connectivity index (χ4v) is 9.64. The maximum Gasteiger partial charge on any atom is 0.0468 e. The van der Waals surface area contributed by atoms with Crippen molar-refractivity contribution in [3.05, 3.63) is 297 Å². The normalized spacial score (nSPS) is 11.5. The number of hydrogen-bond acceptors (Lipinski definition) is 4. The standard InChI is InChI=1S/C67H52N4/c1-3-17-56(18-4-2)69(65-32-29-50-19-11-14-22-53(50)47-65)62-41-35-59(36-42-62)68(60-37-43-63(44-38-60)70(57-25-7-5-8-26-57)66-33-30-51-20-12-15-23-54(51)48-66)61-39-45-64(46-40-61)71(58-27-9-6-10-28-58)67-34-31-52-21-13-16-24-55(52)49-67/h3-49H,1H2,2H3/b18-4-,56-17+. The van der Waals surface area contributed by atoms with Gasteiger partial charge >= 0.3 is 0 Å². The van der Waals surface area contributed by atoms with Crippen LogP contribution in [0.15, 0.2) is 297 Å². The lowest BCUT2D eigenvalue weighted by Crippen LogP contribution is -2.16. The van der Waals surface area contributed by atoms with Crippen LogP contribution in [0.3, 0.4) is 0 Å². The molecule has 0 aromatic heterocycles. The van der Waals surface area contributed by atoms with E-state index < -0.39 is 0 Å². The first-order valence-electron chi connectivity index (χ1n) is 24.1. The Bertz CT molecular complexity index is 3510. The molecule has 4 nitrogen and oxygen atoms in total. The Morgan fingerprint density at radius 3 is 0.944 bits per heavy atom. The average molecular weight is 913 g/mol. The number of nitrogens with zero attached hydrogens (tertiary/aromatic N) is 4. The van der Waals surface area contributed by atoms with Crippen molar-refractivity contribution in [2.45, 2.75) is 6.92 Å². The van der Waals surface area contributed by atoms with Crippen molar-refractivity contribution >= 4 is 94.9 Å². The number of allylic oxidation sites excluding steroid dienone is 4. The summed E-state index contributed by atoms with van der Waals surface area (Å²) >= 11 is 0. The molecule has 0 amide bonds. The van der Waals surface area contributed by atoms with Gasteiger partial charge in [-0.1, -0.05) is 146 Å². The van der Waals surface area contributed by atoms with Gasteiger partial charge < -0.3 is 19.6 Å². The molecule has 0 fully saturated rings. The number of fused-ring (bicyclic) bond motifs is 3. The van der Waals surface area contributed by atoms with Gasteiger partial charge in [0.1, 0.15) is 0 Å². The summed E-state index contributed by atoms with van der Waals surface area (Å²) < 4.78 is 0. The first-order chi connectivity index (χ1) is 35.1. The Kier molecular flexibility index (Phi) is 12.5. The van der Waals surface area contributed by atoms with Crippen LogP contribution >= 0.6 is 0 Å². The molecule has 4 heteroatoms. The molecule has 0 aliphatic carbocycles. The summed E-state index contributed by atoms with van der Waals surface area (Å²) in [6.07, 6.45) is 8.12. The zero-order valence-corrected chi connectivity index (χ0v) is 39.6. The van der Waals surface area contributed by atoms with E-state index in [4.69, 9.17) is 0 Å². The second-order valence-corrected chi connectivity index (χ2v) is 17.5. The van der Waals surface area contributed by atoms with Crippen molar-refractivity contribution in [3.63, 3.8) is 0 Å². The highest BCUT2D eigenvalue weighted by Gasteiger charge is 2.20. The van der Waals surface area contributed by atoms with Crippen LogP contribution in [0.25, 0.3) is 32.3 Å². The lowest BCUT2D eigenvalue weighted by atomic mass is 10.1. The van der Waals surface area contributed by atoms with Crippen molar-refractivity contribution in [2.75, 3.05) is 19.6 Å². The molecule has 0 heterocycles. The Hall–Kier alpha value is -9.38. The van der Waals surface area contributed by atoms with Gasteiger partial charge in [-0.3, -0.25) is 0 Å². The Morgan fingerprint density at radius 2 is 0.577 bits per heavy atom. The highest BCUT2D eigenvalue weighted by Crippen LogP contribution is 2.43. The third-order valence-electron chi connectivity index (χ3n) is 13.0. The third kappa shape index (κ3) is 9.18. The molecule has 11 rings (SSSR count). The van der Waals surface area contributed by atoms with Crippen molar-refractivity contribution in [3.8, 4) is 0 Å². The summed E-state index contributed by atoms with van der Waals surface area (Å²) in [4.78, 5) is 9.29. The molecular formula is C67H52N4. The van der Waals surface area contributed by atoms with E-state index in [1.165, 1.54) is 32.3 Å². The first kappa shape index (κ1) is 44.1. The summed E-state index contributed by atoms with van der Waals surface area (Å²) in [5, 5.41) is 7.21. The summed E-state index contributed by atoms with van der Waals surface area (Å²) in [5.74, 6) is 0. The molecule has 0 aliphatic heterocycles. The molecule has 340 valence electrons. The van der Waals surface area contributed by atoms with Crippen LogP contribution in [0.1, 0.15) is 6.92 Å². The van der Waals surface area contributed by atoms with Gasteiger partial charge in [0, 0.05) is 68.3 Å². The maximum atomic E-state index is 4.08. The van der Waals surface area contributed by atoms with Crippen molar-refractivity contribution < 1.29 is 0 Å². The van der Waals surface area contributed by atoms with Crippen molar-refractivity contribution in [2.24, 2.45) is 0 Å². The average Bonchev–Trinajstić information content (AvgIpc) is 3.43. The first-order valence-corrected chi connectivity index (χ1v) is 24.1. The van der Waals surface area contributed by atoms with Crippen LogP contribution < -0.4 is 19.6 Å². The number of para-hydroxylation sites is 2. The van der Waals surface area contributed by atoms with Crippen molar-refractivity contribution in [1.82, 2.24) is 0 Å². The zero-order valence-electron chi connectivity index (χ0n) is 39.6. The fourth-order valence-electron chi connectivity index (χ4n) is 9.64. The van der Waals surface area contributed by atoms with Crippen LogP contribution in [-0.4, -0.2) is 0 Å². The summed E-state index contributed by atoms with van der Waals surface area (Å²) in [5.41, 5.74) is 12.7. The summed E-state index contributed by atoms with van der Waals surface area (Å²) in [6, 6.07) is 93.6. The largest absolute Gasteiger partial charge is 0.310 e. The maximum absolute atomic E-state index is 4.08. The molecule has 0 unspecified atom stereocenters. The Labute approximate surface area is 416 Å². The van der Waals surface area contributed by atoms with Crippen LogP contribution in [0.5, 0.6) is 0 Å². The number of hydrogen-bond donors (Lipinski definition) is 0. The molecule has 0 N–H and O–H groups in total. The summed E-state index contributed by atoms with van der Waals surface area (Å²) in [6.45, 7) is 6.13. The van der Waals surface area contributed by atoms with Gasteiger partial charge in [-0.2, -0.15) is 0 Å². The SMILES string of the molecule is C=C/C=C(\C=C/C)N(c1ccc(N(c2ccc(N(c3ccccc3)c3ccc4ccccc4c3)cc2)c2ccc(N(c3ccccc3)c3ccc4ccccc4c3)cc2)cc1)c1ccc2ccccc2c1. The number of rotatable bonds is 14. The predicted octanol–water partition coefficient (Wildman–Crippen LogP) is 19.3. The van der Waals surface area contributed by atoms with Crippen LogP contribution in [0, 0.1) is 0 Å². The van der Waals surface area contributed by atoms with E-state index >= 15 is 0 Å². The minimum Gasteiger partial charge on any atom is -0.310 e. The smallest absolute Gasteiger partial charge is 0.0468 e. The molecule has 0 spiro atoms. The van der Waals surface area contributed by atoms with E-state index in [1.807, 2.05) is 6.08 Å². The van der Waals surface area contributed by atoms with Gasteiger partial charge in [-0.05, 0) is 185 Å². The number of anilines is 11. The van der Waals surface area contributed by atoms with Crippen LogP contribution in [0.4, 0.5) is 62.6 Å². The minimum absolute atomic E-state index is 1.01. The summed E-state index contributed by atoms with van der Waals surface area (Å²) in [7, 11) is 0. The monoisotopic (exact) mass is 912 g/mol. The second kappa shape index (κ2) is 20.1. The topological polar surface area (TPSA) is 13.0 Å². The second-order valence-electron chi connectivity index (χ2n) is 17.5. The van der Waals surface area contributed by atoms with E-state index in [2.05, 4.69) is 312 Å². The van der Waals surface area contributed by atoms with Gasteiger partial charge in [-0.15, -0.1) is 0 Å². The zero-order chi connectivity index (χ0) is 47.9. The number of benzene rings is 11. The Morgan fingerprint density at radius 1 is 0.296 bits per heavy atom. The van der Waals surface area contributed by atoms with Gasteiger partial charge in [0.25, 0.3) is 0 Å².